The molecule has 3 aromatic rings. The number of halogens is 1. The molecule has 0 unspecified atom stereocenters. The molecule has 30 heavy (non-hydrogen) atoms. The number of aryl methyl sites for hydroxylation is 1. The highest BCUT2D eigenvalue weighted by molar-refractivity contribution is 6.30. The number of hydrogen-bond donors (Lipinski definition) is 1. The van der Waals surface area contributed by atoms with Gasteiger partial charge >= 0.3 is 0 Å². The second kappa shape index (κ2) is 9.89. The number of benzene rings is 2. The van der Waals surface area contributed by atoms with Crippen LogP contribution in [0.5, 0.6) is 5.75 Å². The Hall–Kier alpha value is -3.39. The molecule has 0 atom stereocenters. The molecule has 2 amide bonds. The topological polar surface area (TPSA) is 97.6 Å². The van der Waals surface area contributed by atoms with Crippen LogP contribution < -0.4 is 10.1 Å². The van der Waals surface area contributed by atoms with Crippen LogP contribution in [0, 0.1) is 0 Å². The number of aromatic nitrogens is 2. The van der Waals surface area contributed by atoms with Crippen molar-refractivity contribution in [2.45, 2.75) is 12.8 Å². The van der Waals surface area contributed by atoms with Gasteiger partial charge in [0, 0.05) is 36.2 Å². The standard InChI is InChI=1S/C21H21ClN4O4/c1-26(13-18(27)23-16-7-5-15(22)6-8-16)20(28)12-11-19-24-21(25-30-19)14-3-9-17(29-2)10-4-14/h3-10H,11-13H2,1-2H3,(H,23,27). The molecule has 0 bridgehead atoms. The second-order valence-corrected chi connectivity index (χ2v) is 6.98. The van der Waals surface area contributed by atoms with Crippen LogP contribution in [-0.2, 0) is 16.0 Å². The molecule has 0 radical (unpaired) electrons. The Morgan fingerprint density at radius 2 is 1.83 bits per heavy atom. The molecule has 0 aliphatic rings. The summed E-state index contributed by atoms with van der Waals surface area (Å²) in [4.78, 5) is 30.1. The summed E-state index contributed by atoms with van der Waals surface area (Å²) in [5.74, 6) is 1.03. The van der Waals surface area contributed by atoms with Crippen LogP contribution in [0.15, 0.2) is 53.1 Å². The zero-order valence-electron chi connectivity index (χ0n) is 16.6. The maximum atomic E-state index is 12.3. The average molecular weight is 429 g/mol. The normalized spacial score (nSPS) is 10.5. The van der Waals surface area contributed by atoms with E-state index in [2.05, 4.69) is 15.5 Å². The lowest BCUT2D eigenvalue weighted by Crippen LogP contribution is -2.35. The summed E-state index contributed by atoms with van der Waals surface area (Å²) < 4.78 is 10.3. The van der Waals surface area contributed by atoms with Crippen LogP contribution in [0.1, 0.15) is 12.3 Å². The third kappa shape index (κ3) is 5.81. The Labute approximate surface area is 178 Å². The minimum Gasteiger partial charge on any atom is -0.497 e. The monoisotopic (exact) mass is 428 g/mol. The van der Waals surface area contributed by atoms with E-state index < -0.39 is 0 Å². The number of ether oxygens (including phenoxy) is 1. The van der Waals surface area contributed by atoms with Crippen LogP contribution in [0.2, 0.25) is 5.02 Å². The number of nitrogens with one attached hydrogen (secondary N) is 1. The number of carbonyl (C=O) groups is 2. The van der Waals surface area contributed by atoms with E-state index in [1.807, 2.05) is 12.1 Å². The van der Waals surface area contributed by atoms with Crippen LogP contribution in [-0.4, -0.2) is 47.6 Å². The van der Waals surface area contributed by atoms with Crippen molar-refractivity contribution in [1.82, 2.24) is 15.0 Å². The van der Waals surface area contributed by atoms with E-state index in [-0.39, 0.29) is 31.2 Å². The van der Waals surface area contributed by atoms with Crippen LogP contribution in [0.25, 0.3) is 11.4 Å². The number of hydrogen-bond acceptors (Lipinski definition) is 6. The molecule has 1 heterocycles. The fourth-order valence-corrected chi connectivity index (χ4v) is 2.78. The van der Waals surface area contributed by atoms with Gasteiger partial charge in [0.15, 0.2) is 0 Å². The van der Waals surface area contributed by atoms with E-state index >= 15 is 0 Å². The number of methoxy groups -OCH3 is 1. The number of carbonyl (C=O) groups excluding carboxylic acids is 2. The summed E-state index contributed by atoms with van der Waals surface area (Å²) in [6, 6.07) is 14.0. The number of likely N-dealkylation sites (N-methyl/N-ethyl adjacent to an activating group) is 1. The molecule has 0 aliphatic heterocycles. The quantitative estimate of drug-likeness (QED) is 0.590. The highest BCUT2D eigenvalue weighted by atomic mass is 35.5. The fraction of sp³-hybridized carbons (Fsp3) is 0.238. The molecular formula is C21H21ClN4O4. The SMILES string of the molecule is COc1ccc(-c2noc(CCC(=O)N(C)CC(=O)Nc3ccc(Cl)cc3)n2)cc1. The molecule has 0 saturated carbocycles. The average Bonchev–Trinajstić information content (AvgIpc) is 3.22. The van der Waals surface area contributed by atoms with Gasteiger partial charge < -0.3 is 19.5 Å². The molecule has 0 aliphatic carbocycles. The summed E-state index contributed by atoms with van der Waals surface area (Å²) in [5.41, 5.74) is 1.40. The third-order valence-electron chi connectivity index (χ3n) is 4.30. The van der Waals surface area contributed by atoms with Crippen molar-refractivity contribution >= 4 is 29.1 Å². The smallest absolute Gasteiger partial charge is 0.243 e. The van der Waals surface area contributed by atoms with Gasteiger partial charge in [-0.25, -0.2) is 0 Å². The molecule has 8 nitrogen and oxygen atoms in total. The Morgan fingerprint density at radius 1 is 1.13 bits per heavy atom. The molecule has 1 N–H and O–H groups in total. The molecule has 0 spiro atoms. The summed E-state index contributed by atoms with van der Waals surface area (Å²) in [6.45, 7) is -0.0671. The van der Waals surface area contributed by atoms with E-state index in [0.29, 0.717) is 22.4 Å². The number of amides is 2. The third-order valence-corrected chi connectivity index (χ3v) is 4.56. The van der Waals surface area contributed by atoms with E-state index in [4.69, 9.17) is 20.9 Å². The van der Waals surface area contributed by atoms with Gasteiger partial charge in [-0.05, 0) is 48.5 Å². The van der Waals surface area contributed by atoms with E-state index in [9.17, 15) is 9.59 Å². The molecule has 1 aromatic heterocycles. The first-order chi connectivity index (χ1) is 14.4. The summed E-state index contributed by atoms with van der Waals surface area (Å²) in [7, 11) is 3.16. The fourth-order valence-electron chi connectivity index (χ4n) is 2.66. The van der Waals surface area contributed by atoms with Gasteiger partial charge in [0.2, 0.25) is 23.5 Å². The Bertz CT molecular complexity index is 1000. The predicted molar refractivity (Wildman–Crippen MR) is 112 cm³/mol. The second-order valence-electron chi connectivity index (χ2n) is 6.55. The Morgan fingerprint density at radius 3 is 2.50 bits per heavy atom. The molecule has 156 valence electrons. The Balaban J connectivity index is 1.48. The summed E-state index contributed by atoms with van der Waals surface area (Å²) >= 11 is 5.82. The predicted octanol–water partition coefficient (Wildman–Crippen LogP) is 3.43. The lowest BCUT2D eigenvalue weighted by atomic mass is 10.2. The van der Waals surface area contributed by atoms with Gasteiger partial charge in [0.1, 0.15) is 5.75 Å². The van der Waals surface area contributed by atoms with Gasteiger partial charge in [0.25, 0.3) is 0 Å². The van der Waals surface area contributed by atoms with E-state index in [1.54, 1.807) is 50.6 Å². The first-order valence-electron chi connectivity index (χ1n) is 9.21. The molecule has 3 rings (SSSR count). The van der Waals surface area contributed by atoms with Gasteiger partial charge in [-0.3, -0.25) is 9.59 Å². The van der Waals surface area contributed by atoms with Crippen molar-refractivity contribution in [1.29, 1.82) is 0 Å². The summed E-state index contributed by atoms with van der Waals surface area (Å²) in [5, 5.41) is 7.24. The number of rotatable bonds is 8. The lowest BCUT2D eigenvalue weighted by molar-refractivity contribution is -0.133. The van der Waals surface area contributed by atoms with Crippen molar-refractivity contribution < 1.29 is 18.8 Å². The van der Waals surface area contributed by atoms with Crippen molar-refractivity contribution in [2.24, 2.45) is 0 Å². The minimum absolute atomic E-state index is 0.0671. The molecule has 9 heteroatoms. The minimum atomic E-state index is -0.298. The molecular weight excluding hydrogens is 408 g/mol. The van der Waals surface area contributed by atoms with Crippen molar-refractivity contribution in [2.75, 3.05) is 26.0 Å². The number of anilines is 1. The molecule has 0 saturated heterocycles. The number of nitrogens with zero attached hydrogens (tertiary/aromatic N) is 3. The van der Waals surface area contributed by atoms with Crippen molar-refractivity contribution in [3.63, 3.8) is 0 Å². The van der Waals surface area contributed by atoms with E-state index in [1.165, 1.54) is 4.90 Å². The molecule has 2 aromatic carbocycles. The maximum absolute atomic E-state index is 12.3. The van der Waals surface area contributed by atoms with Crippen molar-refractivity contribution in [3.8, 4) is 17.1 Å². The van der Waals surface area contributed by atoms with Gasteiger partial charge in [-0.1, -0.05) is 16.8 Å². The van der Waals surface area contributed by atoms with Gasteiger partial charge in [-0.15, -0.1) is 0 Å². The van der Waals surface area contributed by atoms with Gasteiger partial charge in [-0.2, -0.15) is 4.98 Å². The highest BCUT2D eigenvalue weighted by Gasteiger charge is 2.16. The van der Waals surface area contributed by atoms with Crippen LogP contribution >= 0.6 is 11.6 Å². The maximum Gasteiger partial charge on any atom is 0.243 e. The first kappa shape index (κ1) is 21.3. The lowest BCUT2D eigenvalue weighted by Gasteiger charge is -2.16. The zero-order chi connectivity index (χ0) is 21.5. The van der Waals surface area contributed by atoms with Crippen LogP contribution in [0.4, 0.5) is 5.69 Å². The molecule has 0 fully saturated rings. The summed E-state index contributed by atoms with van der Waals surface area (Å²) in [6.07, 6.45) is 0.431. The zero-order valence-corrected chi connectivity index (χ0v) is 17.3. The Kier molecular flexibility index (Phi) is 7.03. The highest BCUT2D eigenvalue weighted by Crippen LogP contribution is 2.20. The van der Waals surface area contributed by atoms with Crippen molar-refractivity contribution in [3.05, 3.63) is 59.4 Å². The van der Waals surface area contributed by atoms with Gasteiger partial charge in [0.05, 0.1) is 13.7 Å². The first-order valence-corrected chi connectivity index (χ1v) is 9.59. The largest absolute Gasteiger partial charge is 0.497 e. The van der Waals surface area contributed by atoms with E-state index in [0.717, 1.165) is 11.3 Å². The van der Waals surface area contributed by atoms with Crippen LogP contribution in [0.3, 0.4) is 0 Å².